The van der Waals surface area contributed by atoms with Crippen LogP contribution in [0.5, 0.6) is 0 Å². The lowest BCUT2D eigenvalue weighted by molar-refractivity contribution is -0.182. The average molecular weight is 272 g/mol. The number of hydrogen-bond acceptors (Lipinski definition) is 1. The van der Waals surface area contributed by atoms with Crippen LogP contribution >= 0.6 is 11.6 Å². The van der Waals surface area contributed by atoms with Crippen molar-refractivity contribution < 1.29 is 18.0 Å². The number of carbonyl (C=O) groups excluding carboxylic acids is 1. The van der Waals surface area contributed by atoms with Crippen LogP contribution in [0.15, 0.2) is 0 Å². The molecular formula is C11H17ClF3NO. The van der Waals surface area contributed by atoms with Gasteiger partial charge in [0, 0.05) is 18.3 Å². The third-order valence-corrected chi connectivity index (χ3v) is 3.36. The molecule has 0 aromatic heterocycles. The summed E-state index contributed by atoms with van der Waals surface area (Å²) in [5, 5.41) is 2.76. The zero-order valence-corrected chi connectivity index (χ0v) is 10.3. The van der Waals surface area contributed by atoms with E-state index in [-0.39, 0.29) is 24.8 Å². The van der Waals surface area contributed by atoms with E-state index in [0.29, 0.717) is 31.6 Å². The van der Waals surface area contributed by atoms with Gasteiger partial charge in [-0.25, -0.2) is 0 Å². The Balaban J connectivity index is 2.25. The number of halogens is 4. The fourth-order valence-electron chi connectivity index (χ4n) is 2.09. The molecule has 0 atom stereocenters. The Kier molecular flexibility index (Phi) is 5.56. The third kappa shape index (κ3) is 5.15. The Bertz CT molecular complexity index is 250. The lowest BCUT2D eigenvalue weighted by atomic mass is 9.85. The molecule has 0 bridgehead atoms. The molecule has 6 heteroatoms. The Labute approximate surface area is 104 Å². The van der Waals surface area contributed by atoms with Crippen LogP contribution in [0.3, 0.4) is 0 Å². The summed E-state index contributed by atoms with van der Waals surface area (Å²) in [4.78, 5) is 11.4. The molecule has 1 amide bonds. The summed E-state index contributed by atoms with van der Waals surface area (Å²) >= 11 is 5.45. The molecule has 0 spiro atoms. The third-order valence-electron chi connectivity index (χ3n) is 3.09. The first-order chi connectivity index (χ1) is 7.93. The molecule has 0 heterocycles. The van der Waals surface area contributed by atoms with Crippen LogP contribution in [0.25, 0.3) is 0 Å². The molecule has 1 aliphatic carbocycles. The molecule has 17 heavy (non-hydrogen) atoms. The van der Waals surface area contributed by atoms with Crippen LogP contribution in [-0.4, -0.2) is 24.0 Å². The molecule has 2 nitrogen and oxygen atoms in total. The van der Waals surface area contributed by atoms with E-state index in [9.17, 15) is 18.0 Å². The number of alkyl halides is 4. The minimum Gasteiger partial charge on any atom is -0.353 e. The molecule has 0 aromatic carbocycles. The van der Waals surface area contributed by atoms with Crippen molar-refractivity contribution in [2.24, 2.45) is 5.92 Å². The Morgan fingerprint density at radius 3 is 2.29 bits per heavy atom. The summed E-state index contributed by atoms with van der Waals surface area (Å²) in [6, 6.07) is -0.101. The summed E-state index contributed by atoms with van der Waals surface area (Å²) in [7, 11) is 0. The second kappa shape index (κ2) is 6.47. The highest BCUT2D eigenvalue weighted by Crippen LogP contribution is 2.37. The van der Waals surface area contributed by atoms with Crippen molar-refractivity contribution >= 4 is 17.5 Å². The van der Waals surface area contributed by atoms with Gasteiger partial charge in [0.15, 0.2) is 0 Å². The van der Waals surface area contributed by atoms with Crippen molar-refractivity contribution in [2.75, 3.05) is 5.88 Å². The molecule has 0 saturated heterocycles. The highest BCUT2D eigenvalue weighted by atomic mass is 35.5. The molecule has 1 saturated carbocycles. The van der Waals surface area contributed by atoms with Crippen molar-refractivity contribution in [1.82, 2.24) is 5.32 Å². The van der Waals surface area contributed by atoms with Gasteiger partial charge in [0.2, 0.25) is 5.91 Å². The van der Waals surface area contributed by atoms with Gasteiger partial charge in [-0.3, -0.25) is 4.79 Å². The number of nitrogens with one attached hydrogen (secondary N) is 1. The maximum Gasteiger partial charge on any atom is 0.391 e. The fraction of sp³-hybridized carbons (Fsp3) is 0.909. The lowest BCUT2D eigenvalue weighted by Crippen LogP contribution is -2.39. The highest BCUT2D eigenvalue weighted by Gasteiger charge is 2.41. The normalized spacial score (nSPS) is 25.6. The maximum absolute atomic E-state index is 12.4. The van der Waals surface area contributed by atoms with E-state index >= 15 is 0 Å². The van der Waals surface area contributed by atoms with Crippen molar-refractivity contribution in [1.29, 1.82) is 0 Å². The first-order valence-electron chi connectivity index (χ1n) is 5.85. The largest absolute Gasteiger partial charge is 0.391 e. The van der Waals surface area contributed by atoms with E-state index in [2.05, 4.69) is 5.32 Å². The van der Waals surface area contributed by atoms with Gasteiger partial charge in [-0.2, -0.15) is 13.2 Å². The number of carbonyl (C=O) groups is 1. The predicted molar refractivity (Wildman–Crippen MR) is 59.9 cm³/mol. The van der Waals surface area contributed by atoms with Crippen LogP contribution in [0, 0.1) is 5.92 Å². The van der Waals surface area contributed by atoms with Crippen molar-refractivity contribution in [3.63, 3.8) is 0 Å². The molecule has 1 fully saturated rings. The highest BCUT2D eigenvalue weighted by molar-refractivity contribution is 6.17. The molecule has 0 aliphatic heterocycles. The van der Waals surface area contributed by atoms with Crippen LogP contribution < -0.4 is 5.32 Å². The molecule has 1 aliphatic rings. The van der Waals surface area contributed by atoms with E-state index in [1.54, 1.807) is 0 Å². The van der Waals surface area contributed by atoms with Gasteiger partial charge in [-0.1, -0.05) is 0 Å². The Hall–Kier alpha value is -0.450. The molecule has 0 aromatic rings. The van der Waals surface area contributed by atoms with Crippen molar-refractivity contribution in [3.05, 3.63) is 0 Å². The molecular weight excluding hydrogens is 255 g/mol. The Morgan fingerprint density at radius 1 is 1.24 bits per heavy atom. The number of hydrogen-bond donors (Lipinski definition) is 1. The van der Waals surface area contributed by atoms with Crippen molar-refractivity contribution in [2.45, 2.75) is 50.7 Å². The molecule has 100 valence electrons. The van der Waals surface area contributed by atoms with Crippen molar-refractivity contribution in [3.8, 4) is 0 Å². The molecule has 0 radical (unpaired) electrons. The first kappa shape index (κ1) is 14.6. The van der Waals surface area contributed by atoms with Crippen LogP contribution in [0.1, 0.15) is 38.5 Å². The van der Waals surface area contributed by atoms with E-state index in [4.69, 9.17) is 11.6 Å². The second-order valence-corrected chi connectivity index (χ2v) is 4.83. The van der Waals surface area contributed by atoms with Crippen LogP contribution in [0.4, 0.5) is 13.2 Å². The summed E-state index contributed by atoms with van der Waals surface area (Å²) in [6.45, 7) is 0. The van der Waals surface area contributed by atoms with Crippen LogP contribution in [0.2, 0.25) is 0 Å². The minimum absolute atomic E-state index is 0.101. The standard InChI is InChI=1S/C11H17ClF3NO/c12-7-1-2-10(17)16-9-5-3-8(4-6-9)11(13,14)15/h8-9H,1-7H2,(H,16,17). The zero-order chi connectivity index (χ0) is 12.9. The monoisotopic (exact) mass is 271 g/mol. The predicted octanol–water partition coefficient (Wildman–Crippen LogP) is 3.24. The summed E-state index contributed by atoms with van der Waals surface area (Å²) < 4.78 is 37.2. The Morgan fingerprint density at radius 2 is 1.82 bits per heavy atom. The fourth-order valence-corrected chi connectivity index (χ4v) is 2.23. The van der Waals surface area contributed by atoms with E-state index in [1.807, 2.05) is 0 Å². The maximum atomic E-state index is 12.4. The van der Waals surface area contributed by atoms with E-state index < -0.39 is 12.1 Å². The SMILES string of the molecule is O=C(CCCCl)NC1CCC(C(F)(F)F)CC1. The summed E-state index contributed by atoms with van der Waals surface area (Å²) in [6.07, 6.45) is -2.08. The van der Waals surface area contributed by atoms with Gasteiger partial charge >= 0.3 is 6.18 Å². The van der Waals surface area contributed by atoms with Crippen LogP contribution in [-0.2, 0) is 4.79 Å². The molecule has 1 rings (SSSR count). The zero-order valence-electron chi connectivity index (χ0n) is 9.52. The van der Waals surface area contributed by atoms with E-state index in [1.165, 1.54) is 0 Å². The molecule has 1 N–H and O–H groups in total. The number of amides is 1. The summed E-state index contributed by atoms with van der Waals surface area (Å²) in [5.41, 5.74) is 0. The lowest BCUT2D eigenvalue weighted by Gasteiger charge is -2.30. The van der Waals surface area contributed by atoms with E-state index in [0.717, 1.165) is 0 Å². The topological polar surface area (TPSA) is 29.1 Å². The first-order valence-corrected chi connectivity index (χ1v) is 6.39. The smallest absolute Gasteiger partial charge is 0.353 e. The van der Waals surface area contributed by atoms with Gasteiger partial charge in [0.25, 0.3) is 0 Å². The number of rotatable bonds is 4. The average Bonchev–Trinajstić information content (AvgIpc) is 2.26. The van der Waals surface area contributed by atoms with Gasteiger partial charge < -0.3 is 5.32 Å². The molecule has 0 unspecified atom stereocenters. The van der Waals surface area contributed by atoms with Gasteiger partial charge in [0.1, 0.15) is 0 Å². The van der Waals surface area contributed by atoms with Gasteiger partial charge in [0.05, 0.1) is 5.92 Å². The van der Waals surface area contributed by atoms with Gasteiger partial charge in [-0.05, 0) is 32.1 Å². The summed E-state index contributed by atoms with van der Waals surface area (Å²) in [5.74, 6) is -0.881. The second-order valence-electron chi connectivity index (χ2n) is 4.45. The minimum atomic E-state index is -4.09. The van der Waals surface area contributed by atoms with Gasteiger partial charge in [-0.15, -0.1) is 11.6 Å². The quantitative estimate of drug-likeness (QED) is 0.782.